The maximum absolute atomic E-state index is 13.0. The lowest BCUT2D eigenvalue weighted by Gasteiger charge is -2.32. The summed E-state index contributed by atoms with van der Waals surface area (Å²) in [6.07, 6.45) is 3.39. The Hall–Kier alpha value is -3.23. The van der Waals surface area contributed by atoms with Crippen molar-refractivity contribution in [1.82, 2.24) is 4.98 Å². The molecule has 2 heterocycles. The first kappa shape index (κ1) is 24.9. The molecule has 0 spiro atoms. The third-order valence-electron chi connectivity index (χ3n) is 5.89. The number of fused-ring (bicyclic) bond motifs is 1. The minimum absolute atomic E-state index is 0.100. The minimum Gasteiger partial charge on any atom is -0.479 e. The Balaban J connectivity index is 1.51. The number of unbranched alkanes of at least 4 members (excludes halogenated alkanes) is 1. The van der Waals surface area contributed by atoms with E-state index in [9.17, 15) is 9.59 Å². The predicted molar refractivity (Wildman–Crippen MR) is 139 cm³/mol. The van der Waals surface area contributed by atoms with Crippen molar-refractivity contribution < 1.29 is 19.1 Å². The molecule has 0 saturated heterocycles. The van der Waals surface area contributed by atoms with Crippen LogP contribution in [0.2, 0.25) is 0 Å². The number of carbonyl (C=O) groups excluding carboxylic acids is 2. The van der Waals surface area contributed by atoms with E-state index in [1.807, 2.05) is 47.8 Å². The molecule has 184 valence electrons. The summed E-state index contributed by atoms with van der Waals surface area (Å²) in [5, 5.41) is 5.88. The molecule has 0 saturated carbocycles. The van der Waals surface area contributed by atoms with E-state index in [2.05, 4.69) is 17.2 Å². The van der Waals surface area contributed by atoms with Crippen LogP contribution in [0.25, 0.3) is 11.3 Å². The van der Waals surface area contributed by atoms with Gasteiger partial charge in [0.05, 0.1) is 23.0 Å². The number of anilines is 2. The zero-order chi connectivity index (χ0) is 24.8. The number of aromatic nitrogens is 1. The van der Waals surface area contributed by atoms with Crippen molar-refractivity contribution in [2.75, 3.05) is 30.5 Å². The van der Waals surface area contributed by atoms with E-state index in [1.165, 1.54) is 10.5 Å². The fourth-order valence-electron chi connectivity index (χ4n) is 3.96. The van der Waals surface area contributed by atoms with Gasteiger partial charge in [-0.3, -0.25) is 14.5 Å². The number of thiazole rings is 1. The van der Waals surface area contributed by atoms with Gasteiger partial charge in [-0.05, 0) is 55.7 Å². The normalized spacial score (nSPS) is 15.0. The molecule has 8 heteroatoms. The lowest BCUT2D eigenvalue weighted by atomic mass is 10.1. The SMILES string of the molecule is CCCCc1ccc(NC(=O)CN2C(=O)C(C)Oc3ccc(-c4csc(CCOC)n4)cc32)cc1. The number of carbonyl (C=O) groups is 2. The summed E-state index contributed by atoms with van der Waals surface area (Å²) in [7, 11) is 1.67. The number of benzene rings is 2. The van der Waals surface area contributed by atoms with Gasteiger partial charge in [-0.2, -0.15) is 0 Å². The van der Waals surface area contributed by atoms with Gasteiger partial charge in [-0.15, -0.1) is 11.3 Å². The summed E-state index contributed by atoms with van der Waals surface area (Å²) < 4.78 is 11.0. The second-order valence-electron chi connectivity index (χ2n) is 8.58. The van der Waals surface area contributed by atoms with Gasteiger partial charge in [0.2, 0.25) is 5.91 Å². The monoisotopic (exact) mass is 493 g/mol. The molecule has 4 rings (SSSR count). The van der Waals surface area contributed by atoms with Crippen LogP contribution in [-0.2, 0) is 27.2 Å². The van der Waals surface area contributed by atoms with Crippen LogP contribution in [0.15, 0.2) is 47.8 Å². The smallest absolute Gasteiger partial charge is 0.268 e. The molecule has 1 atom stereocenters. The van der Waals surface area contributed by atoms with Crippen LogP contribution in [0.3, 0.4) is 0 Å². The summed E-state index contributed by atoms with van der Waals surface area (Å²) in [5.41, 5.74) is 4.22. The van der Waals surface area contributed by atoms with Crippen LogP contribution in [-0.4, -0.2) is 43.2 Å². The number of ether oxygens (including phenoxy) is 2. The zero-order valence-corrected chi connectivity index (χ0v) is 21.2. The molecule has 3 aromatic rings. The molecule has 0 fully saturated rings. The van der Waals surface area contributed by atoms with Crippen LogP contribution in [0, 0.1) is 0 Å². The summed E-state index contributed by atoms with van der Waals surface area (Å²) in [5.74, 6) is 0.0585. The number of hydrogen-bond acceptors (Lipinski definition) is 6. The Morgan fingerprint density at radius 1 is 1.20 bits per heavy atom. The highest BCUT2D eigenvalue weighted by molar-refractivity contribution is 7.09. The maximum atomic E-state index is 13.0. The van der Waals surface area contributed by atoms with E-state index in [0.717, 1.165) is 41.9 Å². The molecule has 0 bridgehead atoms. The molecule has 1 aliphatic heterocycles. The Bertz CT molecular complexity index is 1180. The highest BCUT2D eigenvalue weighted by atomic mass is 32.1. The van der Waals surface area contributed by atoms with Crippen LogP contribution >= 0.6 is 11.3 Å². The summed E-state index contributed by atoms with van der Waals surface area (Å²) >= 11 is 1.57. The van der Waals surface area contributed by atoms with Crippen molar-refractivity contribution in [3.63, 3.8) is 0 Å². The van der Waals surface area contributed by atoms with Gasteiger partial charge in [0.15, 0.2) is 6.10 Å². The summed E-state index contributed by atoms with van der Waals surface area (Å²) in [6.45, 7) is 4.38. The molecule has 7 nitrogen and oxygen atoms in total. The van der Waals surface area contributed by atoms with E-state index in [0.29, 0.717) is 23.7 Å². The van der Waals surface area contributed by atoms with E-state index in [-0.39, 0.29) is 18.4 Å². The third-order valence-corrected chi connectivity index (χ3v) is 6.80. The highest BCUT2D eigenvalue weighted by Gasteiger charge is 2.33. The second kappa shape index (κ2) is 11.5. The average Bonchev–Trinajstić information content (AvgIpc) is 3.34. The molecule has 1 unspecified atom stereocenters. The number of amides is 2. The third kappa shape index (κ3) is 6.07. The molecule has 2 amide bonds. The van der Waals surface area contributed by atoms with Crippen molar-refractivity contribution >= 4 is 34.5 Å². The van der Waals surface area contributed by atoms with E-state index < -0.39 is 6.10 Å². The molecule has 35 heavy (non-hydrogen) atoms. The number of nitrogens with one attached hydrogen (secondary N) is 1. The van der Waals surface area contributed by atoms with E-state index >= 15 is 0 Å². The van der Waals surface area contributed by atoms with Crippen molar-refractivity contribution in [2.45, 2.75) is 45.6 Å². The predicted octanol–water partition coefficient (Wildman–Crippen LogP) is 5.09. The van der Waals surface area contributed by atoms with Crippen LogP contribution in [0.1, 0.15) is 37.3 Å². The van der Waals surface area contributed by atoms with Crippen molar-refractivity contribution in [3.05, 3.63) is 58.4 Å². The molecular weight excluding hydrogens is 462 g/mol. The Morgan fingerprint density at radius 2 is 2.00 bits per heavy atom. The quantitative estimate of drug-likeness (QED) is 0.425. The lowest BCUT2D eigenvalue weighted by Crippen LogP contribution is -2.47. The zero-order valence-electron chi connectivity index (χ0n) is 20.4. The van der Waals surface area contributed by atoms with Gasteiger partial charge in [0.1, 0.15) is 12.3 Å². The molecule has 0 radical (unpaired) electrons. The first-order chi connectivity index (χ1) is 17.0. The Kier molecular flexibility index (Phi) is 8.15. The molecule has 1 aliphatic rings. The number of aryl methyl sites for hydroxylation is 1. The van der Waals surface area contributed by atoms with Crippen LogP contribution in [0.5, 0.6) is 5.75 Å². The van der Waals surface area contributed by atoms with Gasteiger partial charge in [-0.1, -0.05) is 25.5 Å². The minimum atomic E-state index is -0.668. The summed E-state index contributed by atoms with van der Waals surface area (Å²) in [4.78, 5) is 32.1. The first-order valence-electron chi connectivity index (χ1n) is 11.9. The van der Waals surface area contributed by atoms with Gasteiger partial charge in [0.25, 0.3) is 5.91 Å². The maximum Gasteiger partial charge on any atom is 0.268 e. The largest absolute Gasteiger partial charge is 0.479 e. The fraction of sp³-hybridized carbons (Fsp3) is 0.370. The Morgan fingerprint density at radius 3 is 2.74 bits per heavy atom. The van der Waals surface area contributed by atoms with E-state index in [4.69, 9.17) is 9.47 Å². The molecule has 2 aromatic carbocycles. The van der Waals surface area contributed by atoms with Crippen molar-refractivity contribution in [3.8, 4) is 17.0 Å². The average molecular weight is 494 g/mol. The van der Waals surface area contributed by atoms with Gasteiger partial charge in [-0.25, -0.2) is 4.98 Å². The second-order valence-corrected chi connectivity index (χ2v) is 9.53. The summed E-state index contributed by atoms with van der Waals surface area (Å²) in [6, 6.07) is 13.5. The lowest BCUT2D eigenvalue weighted by molar-refractivity contribution is -0.127. The topological polar surface area (TPSA) is 80.8 Å². The van der Waals surface area contributed by atoms with Crippen LogP contribution < -0.4 is 15.0 Å². The molecule has 0 aliphatic carbocycles. The number of methoxy groups -OCH3 is 1. The van der Waals surface area contributed by atoms with E-state index in [1.54, 1.807) is 25.4 Å². The van der Waals surface area contributed by atoms with Crippen molar-refractivity contribution in [2.24, 2.45) is 0 Å². The molecule has 1 aromatic heterocycles. The van der Waals surface area contributed by atoms with Gasteiger partial charge in [0, 0.05) is 30.2 Å². The van der Waals surface area contributed by atoms with Crippen molar-refractivity contribution in [1.29, 1.82) is 0 Å². The first-order valence-corrected chi connectivity index (χ1v) is 12.8. The number of nitrogens with zero attached hydrogens (tertiary/aromatic N) is 2. The number of hydrogen-bond donors (Lipinski definition) is 1. The van der Waals surface area contributed by atoms with Gasteiger partial charge < -0.3 is 14.8 Å². The van der Waals surface area contributed by atoms with Gasteiger partial charge >= 0.3 is 0 Å². The number of rotatable bonds is 10. The molecule has 1 N–H and O–H groups in total. The fourth-order valence-corrected chi connectivity index (χ4v) is 4.75. The Labute approximate surface area is 210 Å². The molecular formula is C27H31N3O4S. The standard InChI is InChI=1S/C27H31N3O4S/c1-4-5-6-19-7-10-21(11-8-19)28-25(31)16-30-23-15-20(9-12-24(23)34-18(2)27(30)32)22-17-35-26(29-22)13-14-33-3/h7-12,15,17-18H,4-6,13-14,16H2,1-3H3,(H,28,31). The highest BCUT2D eigenvalue weighted by Crippen LogP contribution is 2.37. The van der Waals surface area contributed by atoms with Crippen LogP contribution in [0.4, 0.5) is 11.4 Å².